The van der Waals surface area contributed by atoms with E-state index < -0.39 is 27.5 Å². The van der Waals surface area contributed by atoms with Crippen molar-refractivity contribution in [1.82, 2.24) is 74.3 Å². The molecule has 35 heteroatoms. The van der Waals surface area contributed by atoms with Gasteiger partial charge < -0.3 is 82.2 Å². The molecule has 0 radical (unpaired) electrons. The fraction of sp³-hybridized carbons (Fsp3) is 0.500. The molecule has 6 aliphatic heterocycles. The van der Waals surface area contributed by atoms with Crippen LogP contribution in [0.5, 0.6) is 17.2 Å². The highest BCUT2D eigenvalue weighted by atomic mass is 32.7. The molecule has 0 aromatic heterocycles. The number of carbonyl (C=O) groups excluding carboxylic acids is 6. The Labute approximate surface area is 543 Å². The summed E-state index contributed by atoms with van der Waals surface area (Å²) in [6, 6.07) is 21.6. The van der Waals surface area contributed by atoms with Gasteiger partial charge in [0.05, 0.1) is 79.1 Å². The first-order valence-electron chi connectivity index (χ1n) is 29.5. The Hall–Kier alpha value is -4.96. The summed E-state index contributed by atoms with van der Waals surface area (Å²) in [5.74, 6) is -0.828. The molecule has 3 aromatic rings. The maximum Gasteiger partial charge on any atom is 0.490 e. The van der Waals surface area contributed by atoms with E-state index in [1.807, 2.05) is 71.9 Å². The summed E-state index contributed by atoms with van der Waals surface area (Å²) in [5, 5.41) is 31.8. The fourth-order valence-electron chi connectivity index (χ4n) is 10.9. The number of nitrogens with one attached hydrogen (secondary N) is 6. The number of carbonyl (C=O) groups is 6. The first-order valence-corrected chi connectivity index (χ1v) is 40.0. The molecule has 6 unspecified atom stereocenters. The first kappa shape index (κ1) is 68.4. The molecule has 27 nitrogen and oxygen atoms in total. The minimum atomic E-state index is -3.73. The van der Waals surface area contributed by atoms with Crippen molar-refractivity contribution >= 4 is 130 Å². The van der Waals surface area contributed by atoms with E-state index >= 15 is 0 Å². The Balaban J connectivity index is 0.922. The lowest BCUT2D eigenvalue weighted by atomic mass is 10.2. The third-order valence-electron chi connectivity index (χ3n) is 15.4. The lowest BCUT2D eigenvalue weighted by Gasteiger charge is -2.53. The van der Waals surface area contributed by atoms with E-state index in [1.165, 1.54) is 0 Å². The lowest BCUT2D eigenvalue weighted by molar-refractivity contribution is -0.131. The van der Waals surface area contributed by atoms with Crippen LogP contribution in [0.1, 0.15) is 55.2 Å². The monoisotopic (exact) mass is 1370 g/mol. The highest BCUT2D eigenvalue weighted by Crippen LogP contribution is 2.69. The second-order valence-corrected chi connectivity index (χ2v) is 37.0. The first-order chi connectivity index (χ1) is 42.7. The maximum absolute atomic E-state index is 12.4. The summed E-state index contributed by atoms with van der Waals surface area (Å²) < 4.78 is 38.5. The zero-order valence-electron chi connectivity index (χ0n) is 50.1. The molecule has 9 rings (SSSR count). The number of rotatable bonds is 15. The van der Waals surface area contributed by atoms with Gasteiger partial charge in [0, 0.05) is 90.3 Å². The van der Waals surface area contributed by atoms with Gasteiger partial charge in [0.25, 0.3) is 0 Å². The molecular weight excluding hydrogens is 1300 g/mol. The van der Waals surface area contributed by atoms with Gasteiger partial charge in [-0.2, -0.15) is 57.7 Å². The van der Waals surface area contributed by atoms with E-state index in [0.29, 0.717) is 95.8 Å². The van der Waals surface area contributed by atoms with Crippen LogP contribution in [0.15, 0.2) is 88.1 Å². The van der Waals surface area contributed by atoms with Crippen LogP contribution in [0.3, 0.4) is 0 Å². The topological polar surface area (TPSA) is 269 Å². The molecule has 6 aliphatic rings. The summed E-state index contributed by atoms with van der Waals surface area (Å²) in [5.41, 5.74) is 2.25. The minimum absolute atomic E-state index is 0.214. The molecule has 0 saturated carbocycles. The van der Waals surface area contributed by atoms with Gasteiger partial charge in [0.1, 0.15) is 57.3 Å². The van der Waals surface area contributed by atoms with Gasteiger partial charge in [0.15, 0.2) is 0 Å². The number of fused-ring (bicyclic) bond motifs is 6. The van der Waals surface area contributed by atoms with Crippen LogP contribution >= 0.6 is 27.5 Å². The average Bonchev–Trinajstić information content (AvgIpc) is 2.22. The zero-order valence-corrected chi connectivity index (χ0v) is 56.9. The zero-order chi connectivity index (χ0) is 63.2. The van der Waals surface area contributed by atoms with Crippen LogP contribution in [0.4, 0.5) is 0 Å². The van der Waals surface area contributed by atoms with Gasteiger partial charge in [-0.05, 0) is 109 Å². The SMILES string of the molecule is CN(/N=C/c1ccc(OP(=S)(Oc2ccc(/C=N/N(C)[P+]3([S-])N4CCCN3CCNC(=O)CC(=O)NCC4)cc2)Oc2ccc(/C=N/N(C)[P+]3([S-])N4CCCN3CCNC(=O)CC(=O)NCC4)cc2)cc1)[P+]1([S-])N2CCCN1CCNC(=O)CC(=O)NCC2. The third-order valence-corrected chi connectivity index (χ3v) is 33.0. The molecule has 89 heavy (non-hydrogen) atoms. The second kappa shape index (κ2) is 31.6. The van der Waals surface area contributed by atoms with Crippen LogP contribution < -0.4 is 45.5 Å². The number of amides is 6. The molecule has 6 saturated heterocycles. The van der Waals surface area contributed by atoms with Crippen LogP contribution in [0, 0.1) is 0 Å². The number of hydrogen-bond donors (Lipinski definition) is 6. The van der Waals surface area contributed by atoms with Crippen molar-refractivity contribution < 1.29 is 42.3 Å². The number of hydrazone groups is 3. The van der Waals surface area contributed by atoms with Gasteiger partial charge in [-0.1, -0.05) is 0 Å². The van der Waals surface area contributed by atoms with E-state index in [0.717, 1.165) is 75.2 Å². The molecule has 6 amide bonds. The van der Waals surface area contributed by atoms with Crippen molar-refractivity contribution in [2.24, 2.45) is 15.3 Å². The molecule has 482 valence electrons. The Morgan fingerprint density at radius 2 is 0.596 bits per heavy atom. The van der Waals surface area contributed by atoms with E-state index in [2.05, 4.69) is 59.9 Å². The van der Waals surface area contributed by atoms with Gasteiger partial charge in [-0.3, -0.25) is 28.8 Å². The summed E-state index contributed by atoms with van der Waals surface area (Å²) in [6.45, 7) is -1.91. The van der Waals surface area contributed by atoms with Crippen LogP contribution in [-0.4, -0.2) is 235 Å². The third kappa shape index (κ3) is 17.8. The van der Waals surface area contributed by atoms with Crippen molar-refractivity contribution in [3.63, 3.8) is 0 Å². The number of nitrogens with zero attached hydrogens (tertiary/aromatic N) is 12. The average molecular weight is 1380 g/mol. The normalized spacial score (nSPS) is 29.4. The molecule has 6 atom stereocenters. The Bertz CT molecular complexity index is 2730. The second-order valence-electron chi connectivity index (χ2n) is 21.6. The molecule has 3 aromatic carbocycles. The highest BCUT2D eigenvalue weighted by molar-refractivity contribution is 8.39. The van der Waals surface area contributed by atoms with Crippen LogP contribution in [0.25, 0.3) is 0 Å². The molecule has 6 bridgehead atoms. The molecule has 6 N–H and O–H groups in total. The molecule has 0 spiro atoms. The highest BCUT2D eigenvalue weighted by Gasteiger charge is 2.49. The van der Waals surface area contributed by atoms with Gasteiger partial charge in [-0.25, -0.2) is 0 Å². The molecule has 0 aliphatic carbocycles. The Morgan fingerprint density at radius 1 is 0.393 bits per heavy atom. The predicted octanol–water partition coefficient (Wildman–Crippen LogP) is 2.85. The van der Waals surface area contributed by atoms with Crippen molar-refractivity contribution in [1.29, 1.82) is 0 Å². The number of hydrogen-bond acceptors (Lipinski definition) is 25. The largest absolute Gasteiger partial charge is 0.491 e. The fourth-order valence-corrected chi connectivity index (χ4v) is 24.6. The summed E-state index contributed by atoms with van der Waals surface area (Å²) >= 11 is 25.7. The Morgan fingerprint density at radius 3 is 0.798 bits per heavy atom. The summed E-state index contributed by atoms with van der Waals surface area (Å²) in [6.07, 6.45) is 7.19. The summed E-state index contributed by atoms with van der Waals surface area (Å²) in [4.78, 5) is 74.5. The van der Waals surface area contributed by atoms with Crippen LogP contribution in [0.2, 0.25) is 0 Å². The van der Waals surface area contributed by atoms with E-state index in [-0.39, 0.29) is 54.7 Å². The van der Waals surface area contributed by atoms with E-state index in [4.69, 9.17) is 77.4 Å². The van der Waals surface area contributed by atoms with E-state index in [1.54, 1.807) is 55.0 Å². The van der Waals surface area contributed by atoms with Crippen molar-refractivity contribution in [3.8, 4) is 17.2 Å². The Kier molecular flexibility index (Phi) is 24.3. The van der Waals surface area contributed by atoms with Crippen molar-refractivity contribution in [3.05, 3.63) is 89.5 Å². The predicted molar refractivity (Wildman–Crippen MR) is 360 cm³/mol. The smallest absolute Gasteiger partial charge is 0.490 e. The van der Waals surface area contributed by atoms with Gasteiger partial charge in [0.2, 0.25) is 35.4 Å². The van der Waals surface area contributed by atoms with Crippen LogP contribution in [-0.2, 0) is 77.3 Å². The van der Waals surface area contributed by atoms with Crippen molar-refractivity contribution in [2.75, 3.05) is 139 Å². The lowest BCUT2D eigenvalue weighted by Crippen LogP contribution is -2.51. The van der Waals surface area contributed by atoms with Crippen molar-refractivity contribution in [2.45, 2.75) is 38.5 Å². The summed E-state index contributed by atoms with van der Waals surface area (Å²) in [7, 11) is 5.60. The number of benzene rings is 3. The minimum Gasteiger partial charge on any atom is -0.491 e. The van der Waals surface area contributed by atoms with Gasteiger partial charge >= 0.3 is 6.72 Å². The molecular formula is C54H78N18O9P4S4. The van der Waals surface area contributed by atoms with E-state index in [9.17, 15) is 28.8 Å². The van der Waals surface area contributed by atoms with Gasteiger partial charge in [-0.15, -0.1) is 0 Å². The standard InChI is InChI=1S/C54H78N18O9P4S4/c1-64(82(86)67-25-4-26-68(82)32-20-56-50(74)37-49(73)55-19-31-67)61-40-43-7-13-46(14-8-43)79-85(89,80-47-15-9-44(10-16-47)41-62-65(2)83(87)69-27-5-28-70(83)34-22-58-52(76)38-51(75)57-21-33-69)81-48-17-11-45(12-18-48)42-63-66(3)84(88)71-29-6-30-72(84)36-24-60-54(78)39-53(77)59-23-35-71/h7-18,40-42H,4-6,19-39H2,1-3H3,(H,55,73)(H,56,74)(H,57,75)(H,58,76)(H,59,77)(H,60,78)/b61-40+,62-41+,63-42+. The quantitative estimate of drug-likeness (QED) is 0.0420. The maximum atomic E-state index is 12.4. The molecule has 6 fully saturated rings. The molecule has 6 heterocycles.